The minimum Gasteiger partial charge on any atom is -0.364 e. The van der Waals surface area contributed by atoms with Gasteiger partial charge in [-0.1, -0.05) is 27.7 Å². The Morgan fingerprint density at radius 3 is 2.38 bits per heavy atom. The Morgan fingerprint density at radius 1 is 1.29 bits per heavy atom. The summed E-state index contributed by atoms with van der Waals surface area (Å²) >= 11 is 0. The number of aryl methyl sites for hydroxylation is 1. The van der Waals surface area contributed by atoms with Gasteiger partial charge in [-0.3, -0.25) is 10.1 Å². The van der Waals surface area contributed by atoms with E-state index in [9.17, 15) is 10.1 Å². The van der Waals surface area contributed by atoms with Gasteiger partial charge in [0.15, 0.2) is 0 Å². The van der Waals surface area contributed by atoms with Gasteiger partial charge in [0.25, 0.3) is 0 Å². The largest absolute Gasteiger partial charge is 0.364 e. The van der Waals surface area contributed by atoms with Gasteiger partial charge in [-0.15, -0.1) is 0 Å². The molecule has 0 aliphatic carbocycles. The number of nitro groups is 1. The summed E-state index contributed by atoms with van der Waals surface area (Å²) < 4.78 is 0. The van der Waals surface area contributed by atoms with E-state index < -0.39 is 4.92 Å². The molecule has 0 amide bonds. The lowest BCUT2D eigenvalue weighted by atomic mass is 9.81. The minimum atomic E-state index is -0.435. The molecule has 1 heterocycles. The zero-order valence-corrected chi connectivity index (χ0v) is 13.6. The molecule has 7 heteroatoms. The molecular formula is C14H25N5O2. The lowest BCUT2D eigenvalue weighted by Gasteiger charge is -2.29. The molecule has 0 fully saturated rings. The number of hydrogen-bond acceptors (Lipinski definition) is 6. The maximum atomic E-state index is 11.2. The average molecular weight is 295 g/mol. The Hall–Kier alpha value is -1.92. The van der Waals surface area contributed by atoms with Gasteiger partial charge in [-0.25, -0.2) is 4.98 Å². The van der Waals surface area contributed by atoms with E-state index in [1.807, 2.05) is 6.92 Å². The summed E-state index contributed by atoms with van der Waals surface area (Å²) in [4.78, 5) is 19.2. The summed E-state index contributed by atoms with van der Waals surface area (Å²) in [5, 5.41) is 17.3. The molecule has 0 spiro atoms. The number of anilines is 2. The molecule has 21 heavy (non-hydrogen) atoms. The van der Waals surface area contributed by atoms with Crippen molar-refractivity contribution in [3.63, 3.8) is 0 Å². The smallest absolute Gasteiger partial charge is 0.332 e. The number of aromatic nitrogens is 2. The van der Waals surface area contributed by atoms with E-state index in [0.717, 1.165) is 0 Å². The maximum Gasteiger partial charge on any atom is 0.332 e. The van der Waals surface area contributed by atoms with E-state index in [4.69, 9.17) is 0 Å². The van der Waals surface area contributed by atoms with Gasteiger partial charge in [0.05, 0.1) is 4.92 Å². The summed E-state index contributed by atoms with van der Waals surface area (Å²) in [6.07, 6.45) is 0. The normalized spacial score (nSPS) is 11.6. The highest BCUT2D eigenvalue weighted by Gasteiger charge is 2.26. The van der Waals surface area contributed by atoms with Gasteiger partial charge >= 0.3 is 5.69 Å². The van der Waals surface area contributed by atoms with Crippen LogP contribution in [0.3, 0.4) is 0 Å². The van der Waals surface area contributed by atoms with Crippen molar-refractivity contribution >= 4 is 17.5 Å². The second-order valence-corrected chi connectivity index (χ2v) is 6.11. The van der Waals surface area contributed by atoms with Crippen molar-refractivity contribution < 1.29 is 4.92 Å². The van der Waals surface area contributed by atoms with Crippen LogP contribution in [0.25, 0.3) is 0 Å². The molecule has 7 nitrogen and oxygen atoms in total. The van der Waals surface area contributed by atoms with E-state index in [1.54, 1.807) is 6.92 Å². The van der Waals surface area contributed by atoms with Crippen molar-refractivity contribution in [1.29, 1.82) is 0 Å². The molecule has 118 valence electrons. The third kappa shape index (κ3) is 4.27. The molecule has 0 saturated carbocycles. The van der Waals surface area contributed by atoms with E-state index in [0.29, 0.717) is 30.6 Å². The van der Waals surface area contributed by atoms with Crippen LogP contribution in [0.15, 0.2) is 0 Å². The van der Waals surface area contributed by atoms with Crippen LogP contribution in [0.1, 0.15) is 40.3 Å². The second-order valence-electron chi connectivity index (χ2n) is 6.11. The predicted molar refractivity (Wildman–Crippen MR) is 84.7 cm³/mol. The highest BCUT2D eigenvalue weighted by atomic mass is 16.6. The van der Waals surface area contributed by atoms with Crippen LogP contribution in [-0.4, -0.2) is 28.0 Å². The van der Waals surface area contributed by atoms with Crippen molar-refractivity contribution in [3.8, 4) is 0 Å². The third-order valence-corrected chi connectivity index (χ3v) is 3.85. The van der Waals surface area contributed by atoms with E-state index >= 15 is 0 Å². The first-order valence-corrected chi connectivity index (χ1v) is 7.19. The Kier molecular flexibility index (Phi) is 5.46. The van der Waals surface area contributed by atoms with Crippen LogP contribution in [0.4, 0.5) is 17.5 Å². The Bertz CT molecular complexity index is 514. The standard InChI is InChI=1S/C14H25N5O2/c1-7-15-13-17-10(4)11(19(20)21)12(18-13)16-8-14(5,6)9(2)3/h9H,7-8H2,1-6H3,(H2,15,16,17,18). The molecule has 1 aromatic rings. The van der Waals surface area contributed by atoms with E-state index in [1.165, 1.54) is 0 Å². The maximum absolute atomic E-state index is 11.2. The first-order chi connectivity index (χ1) is 9.69. The summed E-state index contributed by atoms with van der Waals surface area (Å²) in [6.45, 7) is 13.3. The quantitative estimate of drug-likeness (QED) is 0.592. The highest BCUT2D eigenvalue weighted by Crippen LogP contribution is 2.30. The van der Waals surface area contributed by atoms with E-state index in [-0.39, 0.29) is 16.9 Å². The van der Waals surface area contributed by atoms with Crippen LogP contribution in [0.5, 0.6) is 0 Å². The second kappa shape index (κ2) is 6.69. The van der Waals surface area contributed by atoms with Gasteiger partial charge in [-0.05, 0) is 25.2 Å². The van der Waals surface area contributed by atoms with Gasteiger partial charge in [0.2, 0.25) is 11.8 Å². The zero-order valence-electron chi connectivity index (χ0n) is 13.6. The van der Waals surface area contributed by atoms with Crippen LogP contribution in [-0.2, 0) is 0 Å². The predicted octanol–water partition coefficient (Wildman–Crippen LogP) is 3.22. The topological polar surface area (TPSA) is 93.0 Å². The fourth-order valence-corrected chi connectivity index (χ4v) is 1.66. The van der Waals surface area contributed by atoms with Gasteiger partial charge in [-0.2, -0.15) is 4.98 Å². The SMILES string of the molecule is CCNc1nc(C)c([N+](=O)[O-])c(NCC(C)(C)C(C)C)n1. The van der Waals surface area contributed by atoms with Crippen LogP contribution in [0.2, 0.25) is 0 Å². The molecule has 0 bridgehead atoms. The molecule has 0 atom stereocenters. The average Bonchev–Trinajstić information content (AvgIpc) is 2.35. The summed E-state index contributed by atoms with van der Waals surface area (Å²) in [7, 11) is 0. The molecule has 1 rings (SSSR count). The van der Waals surface area contributed by atoms with Crippen molar-refractivity contribution in [3.05, 3.63) is 15.8 Å². The fraction of sp³-hybridized carbons (Fsp3) is 0.714. The molecule has 0 aliphatic rings. The number of nitrogens with zero attached hydrogens (tertiary/aromatic N) is 3. The van der Waals surface area contributed by atoms with Gasteiger partial charge in [0, 0.05) is 13.1 Å². The van der Waals surface area contributed by atoms with Gasteiger partial charge < -0.3 is 10.6 Å². The molecule has 0 aliphatic heterocycles. The molecule has 2 N–H and O–H groups in total. The Balaban J connectivity index is 3.10. The summed E-state index contributed by atoms with van der Waals surface area (Å²) in [5.74, 6) is 1.13. The molecular weight excluding hydrogens is 270 g/mol. The summed E-state index contributed by atoms with van der Waals surface area (Å²) in [6, 6.07) is 0. The first-order valence-electron chi connectivity index (χ1n) is 7.19. The number of nitrogens with one attached hydrogen (secondary N) is 2. The molecule has 1 aromatic heterocycles. The van der Waals surface area contributed by atoms with Crippen molar-refractivity contribution in [2.75, 3.05) is 23.7 Å². The number of hydrogen-bond donors (Lipinski definition) is 2. The zero-order chi connectivity index (χ0) is 16.2. The molecule has 0 saturated heterocycles. The van der Waals surface area contributed by atoms with Crippen molar-refractivity contribution in [1.82, 2.24) is 9.97 Å². The lowest BCUT2D eigenvalue weighted by Crippen LogP contribution is -2.29. The molecule has 0 radical (unpaired) electrons. The van der Waals surface area contributed by atoms with Gasteiger partial charge in [0.1, 0.15) is 5.69 Å². The summed E-state index contributed by atoms with van der Waals surface area (Å²) in [5.41, 5.74) is 0.303. The van der Waals surface area contributed by atoms with Crippen LogP contribution >= 0.6 is 0 Å². The van der Waals surface area contributed by atoms with Crippen LogP contribution < -0.4 is 10.6 Å². The lowest BCUT2D eigenvalue weighted by molar-refractivity contribution is -0.385. The van der Waals surface area contributed by atoms with Crippen LogP contribution in [0, 0.1) is 28.4 Å². The minimum absolute atomic E-state index is 0.00503. The van der Waals surface area contributed by atoms with Crippen molar-refractivity contribution in [2.24, 2.45) is 11.3 Å². The highest BCUT2D eigenvalue weighted by molar-refractivity contribution is 5.60. The number of rotatable bonds is 7. The monoisotopic (exact) mass is 295 g/mol. The Labute approximate surface area is 125 Å². The Morgan fingerprint density at radius 2 is 1.90 bits per heavy atom. The van der Waals surface area contributed by atoms with Crippen molar-refractivity contribution in [2.45, 2.75) is 41.5 Å². The molecule has 0 aromatic carbocycles. The first kappa shape index (κ1) is 17.1. The third-order valence-electron chi connectivity index (χ3n) is 3.85. The fourth-order valence-electron chi connectivity index (χ4n) is 1.66. The van der Waals surface area contributed by atoms with E-state index in [2.05, 4.69) is 48.3 Å². The molecule has 0 unspecified atom stereocenters.